The van der Waals surface area contributed by atoms with Crippen molar-refractivity contribution in [3.05, 3.63) is 0 Å². The maximum absolute atomic E-state index is 13.7. The molecule has 9 heteroatoms. The molecule has 0 saturated carbocycles. The van der Waals surface area contributed by atoms with Crippen LogP contribution in [-0.4, -0.2) is 83.7 Å². The smallest absolute Gasteiger partial charge is 0.328 e. The van der Waals surface area contributed by atoms with E-state index in [-0.39, 0.29) is 29.9 Å². The zero-order valence-electron chi connectivity index (χ0n) is 22.0. The minimum absolute atomic E-state index is 0.0565. The van der Waals surface area contributed by atoms with E-state index in [1.165, 1.54) is 0 Å². The topological polar surface area (TPSA) is 97.0 Å². The van der Waals surface area contributed by atoms with Gasteiger partial charge in [-0.05, 0) is 84.8 Å². The van der Waals surface area contributed by atoms with Gasteiger partial charge in [-0.3, -0.25) is 14.5 Å². The normalized spacial score (nSPS) is 25.2. The standard InChI is InChI=1S/C25H45N3O5S/c1-8-17-11-14-28(21(18-10-9-13-26-18)24(31)33-25(4,5)6)20(17)22(29)27-19(12-15-34-7)23(30)32-16(2)3/h16-21,26H,8-15H2,1-7H3,(H,27,29)/t17-,18-,19?,20?,21?/m0/s1. The van der Waals surface area contributed by atoms with Crippen molar-refractivity contribution in [2.24, 2.45) is 5.92 Å². The zero-order chi connectivity index (χ0) is 25.5. The molecular formula is C25H45N3O5S. The van der Waals surface area contributed by atoms with Crippen molar-refractivity contribution in [1.29, 1.82) is 0 Å². The number of hydrogen-bond donors (Lipinski definition) is 2. The molecule has 2 aliphatic rings. The Bertz CT molecular complexity index is 691. The van der Waals surface area contributed by atoms with Gasteiger partial charge in [-0.15, -0.1) is 0 Å². The predicted octanol–water partition coefficient (Wildman–Crippen LogP) is 2.74. The first-order valence-corrected chi connectivity index (χ1v) is 14.1. The number of rotatable bonds is 11. The average molecular weight is 500 g/mol. The van der Waals surface area contributed by atoms with E-state index in [0.717, 1.165) is 38.0 Å². The van der Waals surface area contributed by atoms with Crippen molar-refractivity contribution in [2.45, 2.75) is 110 Å². The lowest BCUT2D eigenvalue weighted by atomic mass is 9.94. The molecule has 0 aromatic heterocycles. The summed E-state index contributed by atoms with van der Waals surface area (Å²) in [5.41, 5.74) is -0.612. The molecule has 2 N–H and O–H groups in total. The third-order valence-corrected chi connectivity index (χ3v) is 7.05. The molecule has 3 unspecified atom stereocenters. The number of likely N-dealkylation sites (tertiary alicyclic amines) is 1. The summed E-state index contributed by atoms with van der Waals surface area (Å²) in [6.45, 7) is 12.8. The first-order chi connectivity index (χ1) is 16.0. The molecule has 34 heavy (non-hydrogen) atoms. The molecule has 0 aliphatic carbocycles. The van der Waals surface area contributed by atoms with Crippen LogP contribution < -0.4 is 10.6 Å². The van der Waals surface area contributed by atoms with Gasteiger partial charge in [-0.25, -0.2) is 4.79 Å². The summed E-state index contributed by atoms with van der Waals surface area (Å²) in [7, 11) is 0. The van der Waals surface area contributed by atoms with Crippen LogP contribution in [0.5, 0.6) is 0 Å². The molecule has 0 spiro atoms. The second-order valence-electron chi connectivity index (χ2n) is 10.6. The Labute approximate surface area is 209 Å². The first kappa shape index (κ1) is 28.9. The van der Waals surface area contributed by atoms with E-state index >= 15 is 0 Å². The lowest BCUT2D eigenvalue weighted by molar-refractivity contribution is -0.164. The van der Waals surface area contributed by atoms with Crippen LogP contribution in [0.1, 0.15) is 73.6 Å². The van der Waals surface area contributed by atoms with Gasteiger partial charge in [0.25, 0.3) is 0 Å². The van der Waals surface area contributed by atoms with Gasteiger partial charge < -0.3 is 20.1 Å². The maximum atomic E-state index is 13.7. The van der Waals surface area contributed by atoms with Gasteiger partial charge >= 0.3 is 11.9 Å². The van der Waals surface area contributed by atoms with Crippen LogP contribution in [-0.2, 0) is 23.9 Å². The molecule has 2 heterocycles. The number of nitrogens with zero attached hydrogens (tertiary/aromatic N) is 1. The molecule has 2 fully saturated rings. The molecule has 8 nitrogen and oxygen atoms in total. The van der Waals surface area contributed by atoms with Crippen molar-refractivity contribution in [3.63, 3.8) is 0 Å². The summed E-state index contributed by atoms with van der Waals surface area (Å²) >= 11 is 1.62. The minimum Gasteiger partial charge on any atom is -0.461 e. The largest absolute Gasteiger partial charge is 0.461 e. The fourth-order valence-corrected chi connectivity index (χ4v) is 5.39. The fourth-order valence-electron chi connectivity index (χ4n) is 4.92. The van der Waals surface area contributed by atoms with Crippen molar-refractivity contribution >= 4 is 29.6 Å². The Kier molecular flexibility index (Phi) is 11.2. The second-order valence-corrected chi connectivity index (χ2v) is 11.6. The lowest BCUT2D eigenvalue weighted by Gasteiger charge is -2.37. The number of nitrogens with one attached hydrogen (secondary N) is 2. The number of amides is 1. The van der Waals surface area contributed by atoms with E-state index < -0.39 is 29.7 Å². The summed E-state index contributed by atoms with van der Waals surface area (Å²) in [5.74, 6) is -0.0666. The van der Waals surface area contributed by atoms with Gasteiger partial charge in [0.2, 0.25) is 5.91 Å². The van der Waals surface area contributed by atoms with Crippen molar-refractivity contribution in [1.82, 2.24) is 15.5 Å². The number of esters is 2. The van der Waals surface area contributed by atoms with E-state index in [9.17, 15) is 14.4 Å². The molecule has 1 amide bonds. The number of thioether (sulfide) groups is 1. The molecular weight excluding hydrogens is 454 g/mol. The third kappa shape index (κ3) is 8.12. The van der Waals surface area contributed by atoms with Crippen LogP contribution >= 0.6 is 11.8 Å². The van der Waals surface area contributed by atoms with Crippen LogP contribution in [0.25, 0.3) is 0 Å². The van der Waals surface area contributed by atoms with Crippen molar-refractivity contribution in [2.75, 3.05) is 25.1 Å². The van der Waals surface area contributed by atoms with Crippen molar-refractivity contribution in [3.8, 4) is 0 Å². The molecule has 2 rings (SSSR count). The third-order valence-electron chi connectivity index (χ3n) is 6.40. The highest BCUT2D eigenvalue weighted by Crippen LogP contribution is 2.32. The number of carbonyl (C=O) groups is 3. The fraction of sp³-hybridized carbons (Fsp3) is 0.880. The lowest BCUT2D eigenvalue weighted by Crippen LogP contribution is -2.60. The van der Waals surface area contributed by atoms with Crippen LogP contribution in [0.15, 0.2) is 0 Å². The van der Waals surface area contributed by atoms with Crippen LogP contribution in [0.4, 0.5) is 0 Å². The quantitative estimate of drug-likeness (QED) is 0.419. The molecule has 196 valence electrons. The second kappa shape index (κ2) is 13.1. The highest BCUT2D eigenvalue weighted by molar-refractivity contribution is 7.98. The SMILES string of the molecule is CC[C@H]1CCN(C(C(=O)OC(C)(C)C)[C@@H]2CCCN2)C1C(=O)NC(CCSC)C(=O)OC(C)C. The van der Waals surface area contributed by atoms with Crippen LogP contribution in [0.3, 0.4) is 0 Å². The Balaban J connectivity index is 2.29. The van der Waals surface area contributed by atoms with E-state index in [1.54, 1.807) is 25.6 Å². The Hall–Kier alpha value is -1.32. The molecule has 2 aliphatic heterocycles. The first-order valence-electron chi connectivity index (χ1n) is 12.7. The molecule has 0 aromatic carbocycles. The van der Waals surface area contributed by atoms with Gasteiger partial charge in [-0.1, -0.05) is 13.3 Å². The van der Waals surface area contributed by atoms with Crippen LogP contribution in [0, 0.1) is 5.92 Å². The maximum Gasteiger partial charge on any atom is 0.328 e. The molecule has 5 atom stereocenters. The molecule has 0 aromatic rings. The molecule has 2 saturated heterocycles. The van der Waals surface area contributed by atoms with Gasteiger partial charge in [-0.2, -0.15) is 11.8 Å². The Morgan fingerprint density at radius 2 is 1.88 bits per heavy atom. The van der Waals surface area contributed by atoms with E-state index in [0.29, 0.717) is 13.0 Å². The predicted molar refractivity (Wildman–Crippen MR) is 136 cm³/mol. The van der Waals surface area contributed by atoms with Crippen molar-refractivity contribution < 1.29 is 23.9 Å². The number of hydrogen-bond acceptors (Lipinski definition) is 8. The van der Waals surface area contributed by atoms with Gasteiger partial charge in [0.05, 0.1) is 12.1 Å². The van der Waals surface area contributed by atoms with Crippen LogP contribution in [0.2, 0.25) is 0 Å². The molecule has 0 radical (unpaired) electrons. The monoisotopic (exact) mass is 499 g/mol. The minimum atomic E-state index is -0.702. The highest BCUT2D eigenvalue weighted by atomic mass is 32.2. The number of carbonyl (C=O) groups excluding carboxylic acids is 3. The van der Waals surface area contributed by atoms with Gasteiger partial charge in [0, 0.05) is 12.6 Å². The Morgan fingerprint density at radius 3 is 2.41 bits per heavy atom. The van der Waals surface area contributed by atoms with E-state index in [1.807, 2.05) is 31.9 Å². The zero-order valence-corrected chi connectivity index (χ0v) is 22.8. The van der Waals surface area contributed by atoms with E-state index in [2.05, 4.69) is 17.6 Å². The van der Waals surface area contributed by atoms with E-state index in [4.69, 9.17) is 9.47 Å². The summed E-state index contributed by atoms with van der Waals surface area (Å²) in [6, 6.07) is -1.79. The summed E-state index contributed by atoms with van der Waals surface area (Å²) < 4.78 is 11.2. The summed E-state index contributed by atoms with van der Waals surface area (Å²) in [5, 5.41) is 6.43. The highest BCUT2D eigenvalue weighted by Gasteiger charge is 2.48. The number of ether oxygens (including phenoxy) is 2. The summed E-state index contributed by atoms with van der Waals surface area (Å²) in [4.78, 5) is 41.8. The van der Waals surface area contributed by atoms with Gasteiger partial charge in [0.15, 0.2) is 0 Å². The summed E-state index contributed by atoms with van der Waals surface area (Å²) in [6.07, 6.45) is 5.72. The van der Waals surface area contributed by atoms with Gasteiger partial charge in [0.1, 0.15) is 17.7 Å². The molecule has 0 bridgehead atoms. The average Bonchev–Trinajstić information content (AvgIpc) is 3.39. The Morgan fingerprint density at radius 1 is 1.18 bits per heavy atom.